The van der Waals surface area contributed by atoms with E-state index in [-0.39, 0.29) is 29.8 Å². The fourth-order valence-electron chi connectivity index (χ4n) is 0.236. The molecule has 0 aliphatic rings. The van der Waals surface area contributed by atoms with E-state index in [4.69, 9.17) is 0 Å². The third kappa shape index (κ3) is 32.2. The summed E-state index contributed by atoms with van der Waals surface area (Å²) in [5.41, 5.74) is 0. The number of hydrogen-bond acceptors (Lipinski definition) is 6. The minimum absolute atomic E-state index is 0. The third-order valence-corrected chi connectivity index (χ3v) is 0.996. The predicted octanol–water partition coefficient (Wildman–Crippen LogP) is 1.71. The summed E-state index contributed by atoms with van der Waals surface area (Å²) in [6, 6.07) is 0. The summed E-state index contributed by atoms with van der Waals surface area (Å²) in [7, 11) is 0. The molecule has 0 fully saturated rings. The molecule has 7 heteroatoms. The van der Waals surface area contributed by atoms with Crippen LogP contribution in [0.5, 0.6) is 0 Å². The van der Waals surface area contributed by atoms with Crippen LogP contribution in [0.15, 0.2) is 0 Å². The summed E-state index contributed by atoms with van der Waals surface area (Å²) in [6.07, 6.45) is 0. The molecule has 0 spiro atoms. The summed E-state index contributed by atoms with van der Waals surface area (Å²) in [5, 5.41) is 0. The second kappa shape index (κ2) is 15.4. The van der Waals surface area contributed by atoms with E-state index in [1.807, 2.05) is 13.8 Å². The molecule has 0 saturated heterocycles. The Labute approximate surface area is 115 Å². The molecule has 0 radical (unpaired) electrons. The van der Waals surface area contributed by atoms with E-state index in [1.165, 1.54) is 0 Å². The van der Waals surface area contributed by atoms with Crippen molar-refractivity contribution in [3.63, 3.8) is 0 Å². The topological polar surface area (TPSA) is 18.5 Å². The Balaban J connectivity index is -0.000000143. The standard InChI is InChI=1S/2C3H6OS2.Pt/c2*1-2-4-3(5)6;/h2*2H2,1H3,(H,5,6);/q;;+2/p-2/i;;1-4. The fraction of sp³-hybridized carbons (Fsp3) is 0.667. The quantitative estimate of drug-likeness (QED) is 0.484. The van der Waals surface area contributed by atoms with Crippen LogP contribution in [0.2, 0.25) is 0 Å². The van der Waals surface area contributed by atoms with Gasteiger partial charge in [0.2, 0.25) is 0 Å². The molecule has 0 heterocycles. The van der Waals surface area contributed by atoms with Gasteiger partial charge >= 0.3 is 21.1 Å². The van der Waals surface area contributed by atoms with Crippen LogP contribution >= 0.6 is 24.4 Å². The Hall–Kier alpha value is 0.908. The summed E-state index contributed by atoms with van der Waals surface area (Å²) >= 11 is 17.5. The molecule has 0 aliphatic heterocycles. The molecule has 80 valence electrons. The maximum Gasteiger partial charge on any atom is 2.00 e. The summed E-state index contributed by atoms with van der Waals surface area (Å²) in [4.78, 5) is 0. The van der Waals surface area contributed by atoms with E-state index in [9.17, 15) is 0 Å². The average molecular weight is 433 g/mol. The van der Waals surface area contributed by atoms with Crippen molar-refractivity contribution in [3.05, 3.63) is 0 Å². The van der Waals surface area contributed by atoms with Crippen molar-refractivity contribution in [3.8, 4) is 0 Å². The fourth-order valence-corrected chi connectivity index (χ4v) is 0.707. The molecule has 0 aromatic rings. The van der Waals surface area contributed by atoms with Gasteiger partial charge < -0.3 is 59.2 Å². The van der Waals surface area contributed by atoms with Crippen molar-refractivity contribution < 1.29 is 30.5 Å². The van der Waals surface area contributed by atoms with Crippen molar-refractivity contribution in [2.75, 3.05) is 13.2 Å². The Kier molecular flexibility index (Phi) is 23.0. The molecule has 2 nitrogen and oxygen atoms in total. The van der Waals surface area contributed by atoms with Crippen LogP contribution in [0.3, 0.4) is 0 Å². The second-order valence-corrected chi connectivity index (χ2v) is 3.37. The normalized spacial score (nSPS) is 6.92. The van der Waals surface area contributed by atoms with E-state index in [0.717, 1.165) is 0 Å². The van der Waals surface area contributed by atoms with Gasteiger partial charge in [-0.05, 0) is 13.8 Å². The van der Waals surface area contributed by atoms with Crippen molar-refractivity contribution in [1.29, 1.82) is 0 Å². The summed E-state index contributed by atoms with van der Waals surface area (Å²) in [6.45, 7) is 4.86. The molecule has 0 saturated carbocycles. The average Bonchev–Trinajstić information content (AvgIpc) is 1.87. The van der Waals surface area contributed by atoms with Crippen molar-refractivity contribution in [1.82, 2.24) is 0 Å². The zero-order chi connectivity index (χ0) is 9.98. The maximum atomic E-state index is 4.59. The van der Waals surface area contributed by atoms with Gasteiger partial charge in [-0.15, -0.1) is 0 Å². The first kappa shape index (κ1) is 19.5. The van der Waals surface area contributed by atoms with Gasteiger partial charge in [0, 0.05) is 8.77 Å². The summed E-state index contributed by atoms with van der Waals surface area (Å²) in [5.74, 6) is 0. The van der Waals surface area contributed by atoms with Crippen LogP contribution in [0, 0.1) is 0 Å². The molecule has 0 amide bonds. The maximum absolute atomic E-state index is 4.59. The van der Waals surface area contributed by atoms with Gasteiger partial charge in [-0.1, -0.05) is 0 Å². The Morgan fingerprint density at radius 2 is 1.23 bits per heavy atom. The molecule has 13 heavy (non-hydrogen) atoms. The molecule has 0 unspecified atom stereocenters. The van der Waals surface area contributed by atoms with Gasteiger partial charge in [0.15, 0.2) is 0 Å². The molecule has 0 N–H and O–H groups in total. The molecule has 0 bridgehead atoms. The monoisotopic (exact) mass is 433 g/mol. The molecule has 0 atom stereocenters. The van der Waals surface area contributed by atoms with Crippen molar-refractivity contribution in [2.45, 2.75) is 13.8 Å². The van der Waals surface area contributed by atoms with Gasteiger partial charge in [-0.2, -0.15) is 0 Å². The van der Waals surface area contributed by atoms with Crippen LogP contribution in [0.4, 0.5) is 0 Å². The number of hydrogen-bond donors (Lipinski definition) is 0. The Morgan fingerprint density at radius 3 is 1.23 bits per heavy atom. The number of ether oxygens (including phenoxy) is 2. The van der Waals surface area contributed by atoms with Gasteiger partial charge in [0.05, 0.1) is 13.2 Å². The SMILES string of the molecule is CCOC(=S)[S-].CCOC(=S)[S-].[191Pt+2]. The first-order valence-electron chi connectivity index (χ1n) is 3.22. The molecule has 0 rings (SSSR count). The first-order chi connectivity index (χ1) is 5.54. The Bertz CT molecular complexity index is 127. The van der Waals surface area contributed by atoms with E-state index in [1.54, 1.807) is 0 Å². The second-order valence-electron chi connectivity index (χ2n) is 1.37. The first-order valence-corrected chi connectivity index (χ1v) is 4.85. The van der Waals surface area contributed by atoms with E-state index < -0.39 is 0 Å². The van der Waals surface area contributed by atoms with Crippen LogP contribution in [-0.4, -0.2) is 22.0 Å². The zero-order valence-electron chi connectivity index (χ0n) is 7.18. The van der Waals surface area contributed by atoms with Crippen LogP contribution in [-0.2, 0) is 55.8 Å². The van der Waals surface area contributed by atoms with Gasteiger partial charge in [0.25, 0.3) is 0 Å². The molecule has 0 aliphatic carbocycles. The third-order valence-electron chi connectivity index (χ3n) is 0.524. The molecular weight excluding hydrogens is 423 g/mol. The van der Waals surface area contributed by atoms with E-state index >= 15 is 0 Å². The number of rotatable bonds is 2. The smallest absolute Gasteiger partial charge is 0.514 e. The van der Waals surface area contributed by atoms with Crippen LogP contribution in [0.25, 0.3) is 0 Å². The van der Waals surface area contributed by atoms with Crippen LogP contribution in [0.1, 0.15) is 13.8 Å². The molecular formula is C6H10O2PtS4. The van der Waals surface area contributed by atoms with E-state index in [0.29, 0.717) is 13.2 Å². The van der Waals surface area contributed by atoms with Gasteiger partial charge in [0.1, 0.15) is 0 Å². The molecule has 0 aromatic carbocycles. The van der Waals surface area contributed by atoms with E-state index in [2.05, 4.69) is 59.2 Å². The zero-order valence-corrected chi connectivity index (χ0v) is 12.7. The van der Waals surface area contributed by atoms with Gasteiger partial charge in [-0.3, -0.25) is 0 Å². The minimum Gasteiger partial charge on any atom is -0.514 e. The molecule has 0 aromatic heterocycles. The Morgan fingerprint density at radius 1 is 1.00 bits per heavy atom. The van der Waals surface area contributed by atoms with Crippen molar-refractivity contribution >= 4 is 58.5 Å². The van der Waals surface area contributed by atoms with Crippen LogP contribution < -0.4 is 0 Å². The largest absolute Gasteiger partial charge is 2.00 e. The summed E-state index contributed by atoms with van der Waals surface area (Å²) < 4.78 is 9.59. The van der Waals surface area contributed by atoms with Crippen molar-refractivity contribution in [2.24, 2.45) is 0 Å². The predicted molar refractivity (Wildman–Crippen MR) is 63.2 cm³/mol. The minimum atomic E-state index is 0. The number of thiocarbonyl (C=S) groups is 2. The van der Waals surface area contributed by atoms with Gasteiger partial charge in [-0.25, -0.2) is 0 Å².